The number of benzene rings is 1. The van der Waals surface area contributed by atoms with Gasteiger partial charge in [0.05, 0.1) is 10.8 Å². The summed E-state index contributed by atoms with van der Waals surface area (Å²) in [6.07, 6.45) is 1.71. The van der Waals surface area contributed by atoms with Gasteiger partial charge in [-0.2, -0.15) is 0 Å². The second kappa shape index (κ2) is 5.99. The van der Waals surface area contributed by atoms with E-state index in [2.05, 4.69) is 10.6 Å². The average Bonchev–Trinajstić information content (AvgIpc) is 2.39. The third-order valence-electron chi connectivity index (χ3n) is 3.08. The van der Waals surface area contributed by atoms with E-state index >= 15 is 0 Å². The van der Waals surface area contributed by atoms with Gasteiger partial charge in [-0.1, -0.05) is 11.6 Å². The maximum atomic E-state index is 12.0. The lowest BCUT2D eigenvalue weighted by atomic mass is 9.99. The molecule has 0 bridgehead atoms. The third-order valence-corrected chi connectivity index (χ3v) is 3.32. The van der Waals surface area contributed by atoms with Crippen molar-refractivity contribution in [3.05, 3.63) is 33.3 Å². The van der Waals surface area contributed by atoms with Crippen molar-refractivity contribution < 1.29 is 9.72 Å². The number of amides is 1. The van der Waals surface area contributed by atoms with Gasteiger partial charge in [0, 0.05) is 17.6 Å². The molecule has 0 spiro atoms. The first-order chi connectivity index (χ1) is 9.08. The van der Waals surface area contributed by atoms with E-state index in [-0.39, 0.29) is 23.2 Å². The normalized spacial score (nSPS) is 18.9. The number of carbonyl (C=O) groups is 1. The average molecular weight is 284 g/mol. The Kier molecular flexibility index (Phi) is 4.34. The number of nitrogens with zero attached hydrogens (tertiary/aromatic N) is 1. The molecule has 1 aromatic carbocycles. The third kappa shape index (κ3) is 3.42. The zero-order valence-electron chi connectivity index (χ0n) is 10.2. The van der Waals surface area contributed by atoms with Crippen molar-refractivity contribution in [3.63, 3.8) is 0 Å². The highest BCUT2D eigenvalue weighted by Gasteiger charge is 2.23. The van der Waals surface area contributed by atoms with E-state index in [1.54, 1.807) is 0 Å². The predicted octanol–water partition coefficient (Wildman–Crippen LogP) is 2.19. The zero-order valence-corrected chi connectivity index (χ0v) is 10.9. The van der Waals surface area contributed by atoms with Crippen LogP contribution in [0.15, 0.2) is 18.2 Å². The molecule has 0 aromatic heterocycles. The van der Waals surface area contributed by atoms with Crippen molar-refractivity contribution >= 4 is 28.9 Å². The van der Waals surface area contributed by atoms with Crippen LogP contribution in [0.3, 0.4) is 0 Å². The van der Waals surface area contributed by atoms with Crippen molar-refractivity contribution in [1.82, 2.24) is 5.32 Å². The summed E-state index contributed by atoms with van der Waals surface area (Å²) in [5, 5.41) is 17.0. The van der Waals surface area contributed by atoms with Crippen LogP contribution < -0.4 is 10.6 Å². The SMILES string of the molecule is O=C(Nc1cc(Cl)ccc1[N+](=O)[O-])[C@H]1CCCNC1. The van der Waals surface area contributed by atoms with E-state index < -0.39 is 4.92 Å². The van der Waals surface area contributed by atoms with Crippen molar-refractivity contribution in [2.45, 2.75) is 12.8 Å². The standard InChI is InChI=1S/C12H14ClN3O3/c13-9-3-4-11(16(18)19)10(6-9)15-12(17)8-2-1-5-14-7-8/h3-4,6,8,14H,1-2,5,7H2,(H,15,17)/t8-/m0/s1. The highest BCUT2D eigenvalue weighted by molar-refractivity contribution is 6.31. The predicted molar refractivity (Wildman–Crippen MR) is 72.3 cm³/mol. The minimum absolute atomic E-state index is 0.146. The second-order valence-electron chi connectivity index (χ2n) is 4.45. The number of carbonyl (C=O) groups excluding carboxylic acids is 1. The van der Waals surface area contributed by atoms with Crippen molar-refractivity contribution in [2.24, 2.45) is 5.92 Å². The van der Waals surface area contributed by atoms with Crippen LogP contribution in [0.5, 0.6) is 0 Å². The number of anilines is 1. The number of nitrogens with one attached hydrogen (secondary N) is 2. The van der Waals surface area contributed by atoms with Gasteiger partial charge in [0.25, 0.3) is 5.69 Å². The van der Waals surface area contributed by atoms with Crippen molar-refractivity contribution in [3.8, 4) is 0 Å². The molecule has 6 nitrogen and oxygen atoms in total. The number of hydrogen-bond acceptors (Lipinski definition) is 4. The molecule has 0 saturated carbocycles. The maximum Gasteiger partial charge on any atom is 0.292 e. The topological polar surface area (TPSA) is 84.3 Å². The Hall–Kier alpha value is -1.66. The lowest BCUT2D eigenvalue weighted by Gasteiger charge is -2.21. The minimum atomic E-state index is -0.537. The van der Waals surface area contributed by atoms with Crippen LogP contribution in [-0.2, 0) is 4.79 Å². The van der Waals surface area contributed by atoms with Crippen molar-refractivity contribution in [2.75, 3.05) is 18.4 Å². The van der Waals surface area contributed by atoms with E-state index in [1.165, 1.54) is 18.2 Å². The van der Waals surface area contributed by atoms with Gasteiger partial charge in [-0.15, -0.1) is 0 Å². The van der Waals surface area contributed by atoms with E-state index in [0.717, 1.165) is 19.4 Å². The Balaban J connectivity index is 2.15. The van der Waals surface area contributed by atoms with Crippen LogP contribution in [-0.4, -0.2) is 23.9 Å². The molecule has 1 heterocycles. The van der Waals surface area contributed by atoms with Crippen LogP contribution in [0.4, 0.5) is 11.4 Å². The maximum absolute atomic E-state index is 12.0. The summed E-state index contributed by atoms with van der Waals surface area (Å²) < 4.78 is 0. The fourth-order valence-electron chi connectivity index (χ4n) is 2.08. The summed E-state index contributed by atoms with van der Waals surface area (Å²) in [4.78, 5) is 22.4. The van der Waals surface area contributed by atoms with Gasteiger partial charge in [-0.25, -0.2) is 0 Å². The number of halogens is 1. The largest absolute Gasteiger partial charge is 0.320 e. The molecule has 1 amide bonds. The zero-order chi connectivity index (χ0) is 13.8. The Labute approximate surface area is 115 Å². The molecule has 7 heteroatoms. The second-order valence-corrected chi connectivity index (χ2v) is 4.89. The van der Waals surface area contributed by atoms with Crippen LogP contribution in [0.1, 0.15) is 12.8 Å². The molecule has 0 aliphatic carbocycles. The molecular weight excluding hydrogens is 270 g/mol. The molecule has 2 rings (SSSR count). The molecule has 102 valence electrons. The molecule has 1 aliphatic rings. The van der Waals surface area contributed by atoms with Gasteiger partial charge in [0.15, 0.2) is 0 Å². The monoisotopic (exact) mass is 283 g/mol. The van der Waals surface area contributed by atoms with Crippen LogP contribution in [0.2, 0.25) is 5.02 Å². The number of nitro benzene ring substituents is 1. The summed E-state index contributed by atoms with van der Waals surface area (Å²) in [7, 11) is 0. The fraction of sp³-hybridized carbons (Fsp3) is 0.417. The van der Waals surface area contributed by atoms with Crippen LogP contribution in [0.25, 0.3) is 0 Å². The first kappa shape index (κ1) is 13.8. The highest BCUT2D eigenvalue weighted by Crippen LogP contribution is 2.28. The Bertz CT molecular complexity index is 501. The van der Waals surface area contributed by atoms with Crippen LogP contribution in [0, 0.1) is 16.0 Å². The Morgan fingerprint density at radius 3 is 2.95 bits per heavy atom. The van der Waals surface area contributed by atoms with E-state index in [9.17, 15) is 14.9 Å². The molecule has 0 radical (unpaired) electrons. The fourth-order valence-corrected chi connectivity index (χ4v) is 2.25. The molecule has 2 N–H and O–H groups in total. The number of nitro groups is 1. The van der Waals surface area contributed by atoms with Gasteiger partial charge < -0.3 is 10.6 Å². The molecule has 1 atom stereocenters. The van der Waals surface area contributed by atoms with Gasteiger partial charge in [-0.05, 0) is 31.5 Å². The van der Waals surface area contributed by atoms with Crippen LogP contribution >= 0.6 is 11.6 Å². The number of hydrogen-bond donors (Lipinski definition) is 2. The van der Waals surface area contributed by atoms with Gasteiger partial charge in [0.1, 0.15) is 5.69 Å². The van der Waals surface area contributed by atoms with Gasteiger partial charge in [0.2, 0.25) is 5.91 Å². The first-order valence-corrected chi connectivity index (χ1v) is 6.41. The quantitative estimate of drug-likeness (QED) is 0.658. The van der Waals surface area contributed by atoms with Gasteiger partial charge >= 0.3 is 0 Å². The van der Waals surface area contributed by atoms with E-state index in [1.807, 2.05) is 0 Å². The van der Waals surface area contributed by atoms with Crippen molar-refractivity contribution in [1.29, 1.82) is 0 Å². The highest BCUT2D eigenvalue weighted by atomic mass is 35.5. The summed E-state index contributed by atoms with van der Waals surface area (Å²) >= 11 is 5.80. The smallest absolute Gasteiger partial charge is 0.292 e. The molecule has 1 aromatic rings. The summed E-state index contributed by atoms with van der Waals surface area (Å²) in [6, 6.07) is 4.11. The molecule has 0 unspecified atom stereocenters. The van der Waals surface area contributed by atoms with Gasteiger partial charge in [-0.3, -0.25) is 14.9 Å². The molecule has 19 heavy (non-hydrogen) atoms. The summed E-state index contributed by atoms with van der Waals surface area (Å²) in [5.41, 5.74) is -0.00501. The summed E-state index contributed by atoms with van der Waals surface area (Å²) in [5.74, 6) is -0.370. The lowest BCUT2D eigenvalue weighted by Crippen LogP contribution is -2.37. The number of rotatable bonds is 3. The Morgan fingerprint density at radius 1 is 1.53 bits per heavy atom. The molecular formula is C12H14ClN3O3. The summed E-state index contributed by atoms with van der Waals surface area (Å²) in [6.45, 7) is 1.50. The molecule has 1 saturated heterocycles. The van der Waals surface area contributed by atoms with E-state index in [4.69, 9.17) is 11.6 Å². The molecule has 1 aliphatic heterocycles. The first-order valence-electron chi connectivity index (χ1n) is 6.03. The molecule has 1 fully saturated rings. The Morgan fingerprint density at radius 2 is 2.32 bits per heavy atom. The number of piperidine rings is 1. The lowest BCUT2D eigenvalue weighted by molar-refractivity contribution is -0.383. The van der Waals surface area contributed by atoms with E-state index in [0.29, 0.717) is 11.6 Å². The minimum Gasteiger partial charge on any atom is -0.320 e.